The first kappa shape index (κ1) is 12.4. The van der Waals surface area contributed by atoms with Gasteiger partial charge in [-0.05, 0) is 24.3 Å². The van der Waals surface area contributed by atoms with Crippen LogP contribution in [0.4, 0.5) is 5.82 Å². The van der Waals surface area contributed by atoms with E-state index in [1.165, 1.54) is 0 Å². The Morgan fingerprint density at radius 2 is 1.68 bits per heavy atom. The van der Waals surface area contributed by atoms with Crippen molar-refractivity contribution in [3.63, 3.8) is 0 Å². The highest BCUT2D eigenvalue weighted by molar-refractivity contribution is 6.30. The molecule has 1 aliphatic rings. The molecule has 1 fully saturated rings. The summed E-state index contributed by atoms with van der Waals surface area (Å²) in [4.78, 5) is 2.18. The van der Waals surface area contributed by atoms with Crippen molar-refractivity contribution in [2.24, 2.45) is 0 Å². The molecule has 19 heavy (non-hydrogen) atoms. The molecule has 1 saturated heterocycles. The third-order valence-electron chi connectivity index (χ3n) is 3.13. The zero-order valence-corrected chi connectivity index (χ0v) is 11.2. The van der Waals surface area contributed by atoms with Crippen molar-refractivity contribution in [3.05, 3.63) is 41.4 Å². The van der Waals surface area contributed by atoms with Crippen LogP contribution in [0.3, 0.4) is 0 Å². The van der Waals surface area contributed by atoms with E-state index in [9.17, 15) is 0 Å². The molecule has 0 saturated carbocycles. The second-order valence-electron chi connectivity index (χ2n) is 4.38. The van der Waals surface area contributed by atoms with E-state index in [1.807, 2.05) is 36.4 Å². The third-order valence-corrected chi connectivity index (χ3v) is 3.38. The van der Waals surface area contributed by atoms with Crippen molar-refractivity contribution in [1.82, 2.24) is 10.2 Å². The fraction of sp³-hybridized carbons (Fsp3) is 0.286. The van der Waals surface area contributed by atoms with Crippen LogP contribution in [0.15, 0.2) is 36.4 Å². The minimum absolute atomic E-state index is 0.724. The van der Waals surface area contributed by atoms with Crippen LogP contribution >= 0.6 is 11.6 Å². The van der Waals surface area contributed by atoms with E-state index >= 15 is 0 Å². The Bertz CT molecular complexity index is 536. The van der Waals surface area contributed by atoms with E-state index in [-0.39, 0.29) is 0 Å². The molecule has 0 amide bonds. The SMILES string of the molecule is Clc1ccc(-c2ccc(N3CCOCC3)nn2)cc1. The number of hydrogen-bond donors (Lipinski definition) is 0. The Hall–Kier alpha value is -1.65. The van der Waals surface area contributed by atoms with Crippen LogP contribution in [0.2, 0.25) is 5.02 Å². The zero-order valence-electron chi connectivity index (χ0n) is 10.4. The summed E-state index contributed by atoms with van der Waals surface area (Å²) in [7, 11) is 0. The van der Waals surface area contributed by atoms with Crippen LogP contribution in [0.5, 0.6) is 0 Å². The average Bonchev–Trinajstić information content (AvgIpc) is 2.49. The lowest BCUT2D eigenvalue weighted by Gasteiger charge is -2.27. The van der Waals surface area contributed by atoms with Crippen LogP contribution in [-0.2, 0) is 4.74 Å². The molecule has 0 bridgehead atoms. The maximum Gasteiger partial charge on any atom is 0.151 e. The van der Waals surface area contributed by atoms with Crippen molar-refractivity contribution in [2.45, 2.75) is 0 Å². The Balaban J connectivity index is 1.80. The predicted octanol–water partition coefficient (Wildman–Crippen LogP) is 2.63. The molecule has 98 valence electrons. The molecule has 0 radical (unpaired) electrons. The molecule has 1 aromatic carbocycles. The summed E-state index contributed by atoms with van der Waals surface area (Å²) in [5.74, 6) is 0.904. The lowest BCUT2D eigenvalue weighted by atomic mass is 10.1. The second kappa shape index (κ2) is 5.55. The number of benzene rings is 1. The molecule has 3 rings (SSSR count). The molecule has 4 nitrogen and oxygen atoms in total. The second-order valence-corrected chi connectivity index (χ2v) is 4.82. The molecule has 0 unspecified atom stereocenters. The largest absolute Gasteiger partial charge is 0.378 e. The van der Waals surface area contributed by atoms with E-state index in [2.05, 4.69) is 15.1 Å². The number of aromatic nitrogens is 2. The summed E-state index contributed by atoms with van der Waals surface area (Å²) in [5, 5.41) is 9.29. The van der Waals surface area contributed by atoms with Gasteiger partial charge in [0.05, 0.1) is 18.9 Å². The number of hydrogen-bond acceptors (Lipinski definition) is 4. The molecule has 5 heteroatoms. The van der Waals surface area contributed by atoms with Gasteiger partial charge in [-0.3, -0.25) is 0 Å². The first-order valence-electron chi connectivity index (χ1n) is 6.25. The summed E-state index contributed by atoms with van der Waals surface area (Å²) in [6.07, 6.45) is 0. The Morgan fingerprint density at radius 1 is 0.947 bits per heavy atom. The van der Waals surface area contributed by atoms with Gasteiger partial charge in [-0.15, -0.1) is 10.2 Å². The summed E-state index contributed by atoms with van der Waals surface area (Å²) < 4.78 is 5.32. The number of rotatable bonds is 2. The highest BCUT2D eigenvalue weighted by Crippen LogP contribution is 2.20. The minimum Gasteiger partial charge on any atom is -0.378 e. The Labute approximate surface area is 117 Å². The fourth-order valence-corrected chi connectivity index (χ4v) is 2.19. The standard InChI is InChI=1S/C14H14ClN3O/c15-12-3-1-11(2-4-12)13-5-6-14(17-16-13)18-7-9-19-10-8-18/h1-6H,7-10H2. The molecule has 1 aromatic heterocycles. The molecular formula is C14H14ClN3O. The lowest BCUT2D eigenvalue weighted by molar-refractivity contribution is 0.122. The van der Waals surface area contributed by atoms with E-state index in [0.717, 1.165) is 48.4 Å². The van der Waals surface area contributed by atoms with Crippen molar-refractivity contribution in [2.75, 3.05) is 31.2 Å². The normalized spacial score (nSPS) is 15.5. The van der Waals surface area contributed by atoms with Crippen LogP contribution in [0.25, 0.3) is 11.3 Å². The Kier molecular flexibility index (Phi) is 3.62. The minimum atomic E-state index is 0.724. The number of ether oxygens (including phenoxy) is 1. The van der Waals surface area contributed by atoms with Crippen LogP contribution in [0, 0.1) is 0 Å². The summed E-state index contributed by atoms with van der Waals surface area (Å²) in [6, 6.07) is 11.6. The van der Waals surface area contributed by atoms with E-state index in [1.54, 1.807) is 0 Å². The molecular weight excluding hydrogens is 262 g/mol. The molecule has 0 aliphatic carbocycles. The van der Waals surface area contributed by atoms with Gasteiger partial charge in [0.1, 0.15) is 0 Å². The highest BCUT2D eigenvalue weighted by atomic mass is 35.5. The van der Waals surface area contributed by atoms with Crippen molar-refractivity contribution < 1.29 is 4.74 Å². The summed E-state index contributed by atoms with van der Waals surface area (Å²) >= 11 is 5.87. The van der Waals surface area contributed by atoms with Gasteiger partial charge in [0.25, 0.3) is 0 Å². The maximum atomic E-state index is 5.87. The molecule has 0 spiro atoms. The quantitative estimate of drug-likeness (QED) is 0.844. The fourth-order valence-electron chi connectivity index (χ4n) is 2.06. The van der Waals surface area contributed by atoms with Crippen LogP contribution < -0.4 is 4.90 Å². The van der Waals surface area contributed by atoms with E-state index < -0.39 is 0 Å². The smallest absolute Gasteiger partial charge is 0.151 e. The van der Waals surface area contributed by atoms with Gasteiger partial charge >= 0.3 is 0 Å². The molecule has 0 N–H and O–H groups in total. The number of halogens is 1. The van der Waals surface area contributed by atoms with Gasteiger partial charge in [-0.2, -0.15) is 0 Å². The first-order valence-corrected chi connectivity index (χ1v) is 6.63. The van der Waals surface area contributed by atoms with E-state index in [0.29, 0.717) is 0 Å². The molecule has 1 aliphatic heterocycles. The number of morpholine rings is 1. The van der Waals surface area contributed by atoms with Gasteiger partial charge < -0.3 is 9.64 Å². The summed E-state index contributed by atoms with van der Waals surface area (Å²) in [5.41, 5.74) is 1.87. The van der Waals surface area contributed by atoms with Crippen molar-refractivity contribution in [1.29, 1.82) is 0 Å². The zero-order chi connectivity index (χ0) is 13.1. The monoisotopic (exact) mass is 275 g/mol. The average molecular weight is 276 g/mol. The Morgan fingerprint density at radius 3 is 2.32 bits per heavy atom. The van der Waals surface area contributed by atoms with Gasteiger partial charge in [-0.25, -0.2) is 0 Å². The highest BCUT2D eigenvalue weighted by Gasteiger charge is 2.12. The topological polar surface area (TPSA) is 38.2 Å². The van der Waals surface area contributed by atoms with Crippen LogP contribution in [-0.4, -0.2) is 36.5 Å². The first-order chi connectivity index (χ1) is 9.33. The number of nitrogens with zero attached hydrogens (tertiary/aromatic N) is 3. The van der Waals surface area contributed by atoms with Crippen LogP contribution in [0.1, 0.15) is 0 Å². The van der Waals surface area contributed by atoms with E-state index in [4.69, 9.17) is 16.3 Å². The lowest BCUT2D eigenvalue weighted by Crippen LogP contribution is -2.36. The number of anilines is 1. The van der Waals surface area contributed by atoms with Gasteiger partial charge in [-0.1, -0.05) is 23.7 Å². The predicted molar refractivity (Wildman–Crippen MR) is 75.5 cm³/mol. The van der Waals surface area contributed by atoms with Crippen molar-refractivity contribution >= 4 is 17.4 Å². The van der Waals surface area contributed by atoms with Crippen molar-refractivity contribution in [3.8, 4) is 11.3 Å². The van der Waals surface area contributed by atoms with Gasteiger partial charge in [0, 0.05) is 23.7 Å². The molecule has 2 heterocycles. The third kappa shape index (κ3) is 2.85. The van der Waals surface area contributed by atoms with Gasteiger partial charge in [0.2, 0.25) is 0 Å². The molecule has 0 atom stereocenters. The van der Waals surface area contributed by atoms with Gasteiger partial charge in [0.15, 0.2) is 5.82 Å². The molecule has 2 aromatic rings. The maximum absolute atomic E-state index is 5.87. The summed E-state index contributed by atoms with van der Waals surface area (Å²) in [6.45, 7) is 3.24.